The number of nitrogens with two attached hydrogens (primary N) is 1. The van der Waals surface area contributed by atoms with Gasteiger partial charge in [0.25, 0.3) is 17.7 Å². The first-order valence-corrected chi connectivity index (χ1v) is 49.3. The number of hydroxylamine groups is 1. The van der Waals surface area contributed by atoms with E-state index in [0.717, 1.165) is 146 Å². The molecule has 0 radical (unpaired) electrons. The first-order valence-electron chi connectivity index (χ1n) is 46.4. The summed E-state index contributed by atoms with van der Waals surface area (Å²) in [5, 5.41) is 41.1. The van der Waals surface area contributed by atoms with Gasteiger partial charge in [-0.3, -0.25) is 48.0 Å². The Morgan fingerprint density at radius 3 is 1.27 bits per heavy atom. The smallest absolute Gasteiger partial charge is 0.277 e. The average molecular weight is 1960 g/mol. The molecule has 2 saturated heterocycles. The van der Waals surface area contributed by atoms with Crippen LogP contribution in [0.15, 0.2) is 89.9 Å². The molecule has 2 saturated carbocycles. The zero-order valence-corrected chi connectivity index (χ0v) is 80.4. The molecule has 4 aromatic carbocycles. The van der Waals surface area contributed by atoms with Gasteiger partial charge in [-0.25, -0.2) is 37.4 Å². The Kier molecular flexibility index (Phi) is 41.2. The average Bonchev–Trinajstić information content (AvgIpc) is 1.62. The standard InChI is InChI=1S/C57H74F4IN7O7S.C40H61FN6O5S/c1-36-50(77-35-64-36)38-21-19-37(20-22-38)45(66-53(73)46-32-40(70)34-69(46)54(74)51(56(2,3)4)67-55(75)57(61)27-28-57)33-47(71)63-29-17-15-13-11-9-7-5-6-8-10-12-14-16-18-30-76-68-52(72)41-24-25-42(58)48(60)49(41)65-44-26-23-39(62)31-43(44)59;1-27-34(53-26-44-27)29-17-15-28(16-18-29)31(24-33(49)43-22-14-12-10-8-6-5-7-9-11-13-21-42)45-36(50)32-23-30(48)25-47(32)37(51)35(39(2,3)4)46-38(52)40(41)19-20-40/h19-26,31,35,40,45-46,51,65,70H,5-18,27-30,32-34H2,1-4H3,(H,63,71)(H,66,73)(H,67,75)(H,68,72);15-18,26,30-32,35,48H,5-14,19-25,42H2,1-4H3,(H,43,49)(H,45,50)(H,46,52)/t40-,45+,46+,51?;30-,31+,32+,35?/m11/s1. The van der Waals surface area contributed by atoms with E-state index in [0.29, 0.717) is 28.6 Å². The SMILES string of the molecule is Cc1ncsc1-c1ccc([C@H](CC(=O)NCCCCCCCCCCCCCCCCONC(=O)c2ccc(F)c(F)c2Nc2ccc(I)cc2F)NC(=O)[C@@H]2C[C@@H](O)CN2C(=O)C(NC(=O)C2(F)CC2)C(C)(C)C)cc1.Cc1ncsc1-c1ccc([C@H](CC(=O)NCCCCCCCCCCCCN)NC(=O)[C@@H]2C[C@@H](O)CN2C(=O)C(NC(=O)C2(F)CC2)C(C)(C)C)cc1. The van der Waals surface area contributed by atoms with Crippen LogP contribution in [0.2, 0.25) is 0 Å². The van der Waals surface area contributed by atoms with Crippen molar-refractivity contribution in [2.24, 2.45) is 16.6 Å². The van der Waals surface area contributed by atoms with Gasteiger partial charge < -0.3 is 63.0 Å². The number of carbonyl (C=O) groups is 9. The number of aromatic nitrogens is 2. The summed E-state index contributed by atoms with van der Waals surface area (Å²) < 4.78 is 73.1. The van der Waals surface area contributed by atoms with E-state index in [9.17, 15) is 75.3 Å². The monoisotopic (exact) mass is 1960 g/mol. The minimum atomic E-state index is -2.00. The minimum absolute atomic E-state index is 0.00771. The first kappa shape index (κ1) is 105. The van der Waals surface area contributed by atoms with Crippen molar-refractivity contribution in [1.82, 2.24) is 57.1 Å². The Bertz CT molecular complexity index is 4700. The number of alkyl halides is 2. The predicted molar refractivity (Wildman–Crippen MR) is 505 cm³/mol. The minimum Gasteiger partial charge on any atom is -0.391 e. The summed E-state index contributed by atoms with van der Waals surface area (Å²) in [5.74, 6) is -8.29. The molecule has 2 aliphatic heterocycles. The molecule has 2 unspecified atom stereocenters. The van der Waals surface area contributed by atoms with Gasteiger partial charge >= 0.3 is 0 Å². The number of amides is 9. The van der Waals surface area contributed by atoms with Crippen LogP contribution in [0, 0.1) is 45.7 Å². The number of unbranched alkanes of at least 4 members (excludes halogenated alkanes) is 22. The van der Waals surface area contributed by atoms with E-state index in [1.54, 1.807) is 58.6 Å². The molecule has 12 N–H and O–H groups in total. The van der Waals surface area contributed by atoms with Crippen molar-refractivity contribution in [2.75, 3.05) is 44.6 Å². The van der Waals surface area contributed by atoms with Crippen molar-refractivity contribution in [3.05, 3.63) is 139 Å². The van der Waals surface area contributed by atoms with Gasteiger partial charge in [-0.2, -0.15) is 0 Å². The molecule has 4 aliphatic rings. The molecule has 25 nitrogen and oxygen atoms in total. The summed E-state index contributed by atoms with van der Waals surface area (Å²) in [6, 6.07) is 15.5. The van der Waals surface area contributed by atoms with Gasteiger partial charge in [0.15, 0.2) is 23.0 Å². The molecule has 130 heavy (non-hydrogen) atoms. The van der Waals surface area contributed by atoms with Gasteiger partial charge in [0.1, 0.15) is 30.0 Å². The Labute approximate surface area is 783 Å². The molecular formula is C97H135F5IN13O12S2. The summed E-state index contributed by atoms with van der Waals surface area (Å²) in [6.45, 7) is 16.2. The van der Waals surface area contributed by atoms with E-state index < -0.39 is 135 Å². The highest BCUT2D eigenvalue weighted by molar-refractivity contribution is 14.1. The molecule has 6 aromatic rings. The molecule has 33 heteroatoms. The van der Waals surface area contributed by atoms with Crippen LogP contribution in [0.25, 0.3) is 20.9 Å². The van der Waals surface area contributed by atoms with Crippen LogP contribution >= 0.6 is 45.3 Å². The molecule has 10 rings (SSSR count). The van der Waals surface area contributed by atoms with E-state index in [2.05, 4.69) is 52.7 Å². The maximum absolute atomic E-state index is 14.7. The lowest BCUT2D eigenvalue weighted by molar-refractivity contribution is -0.145. The molecule has 4 fully saturated rings. The van der Waals surface area contributed by atoms with Crippen molar-refractivity contribution >= 4 is 110 Å². The molecule has 8 atom stereocenters. The fraction of sp³-hybridized carbons (Fsp3) is 0.598. The molecule has 9 amide bonds. The third-order valence-corrected chi connectivity index (χ3v) is 27.0. The van der Waals surface area contributed by atoms with Gasteiger partial charge in [0, 0.05) is 42.6 Å². The van der Waals surface area contributed by atoms with Crippen molar-refractivity contribution in [3.63, 3.8) is 0 Å². The number of aryl methyl sites for hydroxylation is 2. The number of aliphatic hydroxyl groups is 2. The third kappa shape index (κ3) is 32.4. The fourth-order valence-corrected chi connectivity index (χ4v) is 18.3. The topological polar surface area (TPSA) is 358 Å². The Morgan fingerprint density at radius 1 is 0.523 bits per heavy atom. The number of benzene rings is 4. The molecule has 0 spiro atoms. The summed E-state index contributed by atoms with van der Waals surface area (Å²) in [4.78, 5) is 140. The largest absolute Gasteiger partial charge is 0.391 e. The normalized spacial score (nSPS) is 17.6. The number of hydrogen-bond donors (Lipinski definition) is 11. The Hall–Kier alpha value is -8.61. The number of nitrogens with zero attached hydrogens (tertiary/aromatic N) is 4. The van der Waals surface area contributed by atoms with E-state index in [1.165, 1.54) is 102 Å². The Morgan fingerprint density at radius 2 is 0.908 bits per heavy atom. The number of carbonyl (C=O) groups excluding carboxylic acids is 9. The molecule has 2 aliphatic carbocycles. The van der Waals surface area contributed by atoms with Crippen molar-refractivity contribution in [2.45, 2.75) is 321 Å². The Balaban J connectivity index is 0.000000314. The molecular weight excluding hydrogens is 1830 g/mol. The van der Waals surface area contributed by atoms with E-state index in [1.807, 2.05) is 85.0 Å². The summed E-state index contributed by atoms with van der Waals surface area (Å²) in [5.41, 5.74) is 10.1. The highest BCUT2D eigenvalue weighted by atomic mass is 127. The number of rotatable bonds is 51. The molecule has 714 valence electrons. The quantitative estimate of drug-likeness (QED) is 0.00731. The summed E-state index contributed by atoms with van der Waals surface area (Å²) in [7, 11) is 0. The van der Waals surface area contributed by atoms with Crippen LogP contribution < -0.4 is 48.4 Å². The summed E-state index contributed by atoms with van der Waals surface area (Å²) in [6.07, 6.45) is 24.5. The zero-order valence-electron chi connectivity index (χ0n) is 76.6. The van der Waals surface area contributed by atoms with E-state index in [-0.39, 0.29) is 94.1 Å². The number of hydrogen-bond acceptors (Lipinski definition) is 18. The second kappa shape index (κ2) is 51.0. The van der Waals surface area contributed by atoms with Crippen LogP contribution in [0.3, 0.4) is 0 Å². The number of nitrogens with one attached hydrogen (secondary N) is 8. The number of thiazole rings is 2. The highest BCUT2D eigenvalue weighted by Crippen LogP contribution is 2.43. The van der Waals surface area contributed by atoms with Gasteiger partial charge in [-0.1, -0.05) is 218 Å². The van der Waals surface area contributed by atoms with Gasteiger partial charge in [-0.15, -0.1) is 22.7 Å². The van der Waals surface area contributed by atoms with Crippen molar-refractivity contribution in [3.8, 4) is 20.9 Å². The lowest BCUT2D eigenvalue weighted by atomic mass is 9.85. The predicted octanol–water partition coefficient (Wildman–Crippen LogP) is 17.0. The van der Waals surface area contributed by atoms with Crippen LogP contribution in [0.1, 0.15) is 292 Å². The van der Waals surface area contributed by atoms with E-state index >= 15 is 0 Å². The van der Waals surface area contributed by atoms with E-state index in [4.69, 9.17) is 10.6 Å². The highest BCUT2D eigenvalue weighted by Gasteiger charge is 2.55. The van der Waals surface area contributed by atoms with Crippen molar-refractivity contribution in [1.29, 1.82) is 0 Å². The zero-order chi connectivity index (χ0) is 94.3. The number of halogens is 6. The number of aliphatic hydroxyl groups excluding tert-OH is 2. The van der Waals surface area contributed by atoms with Gasteiger partial charge in [0.2, 0.25) is 35.4 Å². The summed E-state index contributed by atoms with van der Waals surface area (Å²) >= 11 is 4.98. The molecule has 4 heterocycles. The number of likely N-dealkylation sites (tertiary alicyclic amines) is 2. The lowest BCUT2D eigenvalue weighted by Crippen LogP contribution is -2.59. The third-order valence-electron chi connectivity index (χ3n) is 24.4. The second-order valence-electron chi connectivity index (χ2n) is 37.4. The van der Waals surface area contributed by atoms with Crippen LogP contribution in [-0.2, 0) is 43.2 Å². The number of anilines is 2. The molecule has 0 bridgehead atoms. The van der Waals surface area contributed by atoms with Crippen LogP contribution in [0.5, 0.6) is 0 Å². The lowest BCUT2D eigenvalue weighted by Gasteiger charge is -2.36. The van der Waals surface area contributed by atoms with Crippen LogP contribution in [0.4, 0.5) is 33.3 Å². The van der Waals surface area contributed by atoms with Crippen molar-refractivity contribution < 1.29 is 80.2 Å². The van der Waals surface area contributed by atoms with Crippen LogP contribution in [-0.4, -0.2) is 170 Å². The van der Waals surface area contributed by atoms with Gasteiger partial charge in [0.05, 0.1) is 92.8 Å². The molecule has 2 aromatic heterocycles. The fourth-order valence-electron chi connectivity index (χ4n) is 16.2. The number of β-amino-alcohol motifs (C(OH)–C–C–N with tert-alkyl or cyclic N) is 2. The maximum Gasteiger partial charge on any atom is 0.277 e. The van der Waals surface area contributed by atoms with Gasteiger partial charge in [-0.05, 0) is 158 Å². The maximum atomic E-state index is 14.7. The first-order chi connectivity index (χ1) is 62.0. The second-order valence-corrected chi connectivity index (χ2v) is 40.3.